The quantitative estimate of drug-likeness (QED) is 0.652. The predicted molar refractivity (Wildman–Crippen MR) is 58.2 cm³/mol. The van der Waals surface area contributed by atoms with Crippen molar-refractivity contribution in [2.75, 3.05) is 19.6 Å². The van der Waals surface area contributed by atoms with Gasteiger partial charge in [0.05, 0.1) is 0 Å². The molecule has 0 aliphatic carbocycles. The lowest BCUT2D eigenvalue weighted by atomic mass is 10.1. The zero-order chi connectivity index (χ0) is 10.4. The number of hydrogen-bond acceptors (Lipinski definition) is 3. The van der Waals surface area contributed by atoms with Crippen LogP contribution in [0.1, 0.15) is 39.0 Å². The summed E-state index contributed by atoms with van der Waals surface area (Å²) in [6.07, 6.45) is 5.33. The first kappa shape index (κ1) is 11.7. The molecule has 82 valence electrons. The van der Waals surface area contributed by atoms with Crippen LogP contribution in [0.2, 0.25) is 0 Å². The number of hydrogen-bond donors (Lipinski definition) is 1. The number of rotatable bonds is 6. The number of Topliss-reactive ketones (excluding diaryl/α,β-unsaturated/α-hetero) is 1. The van der Waals surface area contributed by atoms with Gasteiger partial charge in [-0.3, -0.25) is 0 Å². The van der Waals surface area contributed by atoms with Gasteiger partial charge in [-0.1, -0.05) is 6.42 Å². The Hall–Kier alpha value is -0.410. The Labute approximate surface area is 86.6 Å². The highest BCUT2D eigenvalue weighted by Crippen LogP contribution is 2.09. The molecule has 0 radical (unpaired) electrons. The highest BCUT2D eigenvalue weighted by Gasteiger charge is 2.17. The molecule has 1 fully saturated rings. The van der Waals surface area contributed by atoms with Crippen molar-refractivity contribution in [1.29, 1.82) is 0 Å². The van der Waals surface area contributed by atoms with E-state index >= 15 is 0 Å². The molecule has 0 aromatic carbocycles. The van der Waals surface area contributed by atoms with Gasteiger partial charge in [0, 0.05) is 19.0 Å². The van der Waals surface area contributed by atoms with Gasteiger partial charge in [-0.25, -0.2) is 0 Å². The van der Waals surface area contributed by atoms with E-state index in [1.165, 1.54) is 12.8 Å². The molecule has 0 spiro atoms. The molecule has 0 amide bonds. The van der Waals surface area contributed by atoms with Gasteiger partial charge in [0.25, 0.3) is 0 Å². The Morgan fingerprint density at radius 1 is 1.43 bits per heavy atom. The first-order valence-electron chi connectivity index (χ1n) is 5.66. The average molecular weight is 198 g/mol. The van der Waals surface area contributed by atoms with Crippen molar-refractivity contribution in [3.63, 3.8) is 0 Å². The number of nitrogens with zero attached hydrogens (tertiary/aromatic N) is 1. The molecular formula is C11H22N2O. The Kier molecular flexibility index (Phi) is 5.12. The minimum Gasteiger partial charge on any atom is -0.326 e. The van der Waals surface area contributed by atoms with E-state index in [2.05, 4.69) is 4.90 Å². The van der Waals surface area contributed by atoms with Crippen LogP contribution in [-0.2, 0) is 4.79 Å². The zero-order valence-corrected chi connectivity index (χ0v) is 9.17. The molecular weight excluding hydrogens is 176 g/mol. The van der Waals surface area contributed by atoms with Gasteiger partial charge in [0.15, 0.2) is 0 Å². The third-order valence-corrected chi connectivity index (χ3v) is 2.81. The fourth-order valence-corrected chi connectivity index (χ4v) is 1.95. The van der Waals surface area contributed by atoms with Gasteiger partial charge in [-0.05, 0) is 39.3 Å². The highest BCUT2D eigenvalue weighted by molar-refractivity contribution is 5.75. The SMILES string of the molecule is CC(=O)CCCCCN1CC[C@H](N)C1. The van der Waals surface area contributed by atoms with Gasteiger partial charge in [0.2, 0.25) is 0 Å². The second-order valence-electron chi connectivity index (χ2n) is 4.36. The molecule has 1 aliphatic rings. The van der Waals surface area contributed by atoms with Crippen LogP contribution in [0.3, 0.4) is 0 Å². The zero-order valence-electron chi connectivity index (χ0n) is 9.17. The van der Waals surface area contributed by atoms with Crippen LogP contribution < -0.4 is 5.73 Å². The van der Waals surface area contributed by atoms with Crippen LogP contribution in [0.4, 0.5) is 0 Å². The molecule has 0 bridgehead atoms. The minimum atomic E-state index is 0.313. The maximum Gasteiger partial charge on any atom is 0.129 e. The maximum atomic E-state index is 10.7. The number of likely N-dealkylation sites (tertiary alicyclic amines) is 1. The molecule has 14 heavy (non-hydrogen) atoms. The molecule has 3 nitrogen and oxygen atoms in total. The topological polar surface area (TPSA) is 46.3 Å². The second kappa shape index (κ2) is 6.14. The Morgan fingerprint density at radius 2 is 2.21 bits per heavy atom. The Morgan fingerprint density at radius 3 is 2.79 bits per heavy atom. The smallest absolute Gasteiger partial charge is 0.129 e. The van der Waals surface area contributed by atoms with Crippen LogP contribution in [-0.4, -0.2) is 36.4 Å². The summed E-state index contributed by atoms with van der Waals surface area (Å²) in [5.74, 6) is 0.313. The van der Waals surface area contributed by atoms with Crippen molar-refractivity contribution in [2.45, 2.75) is 45.1 Å². The van der Waals surface area contributed by atoms with E-state index in [-0.39, 0.29) is 0 Å². The van der Waals surface area contributed by atoms with E-state index in [0.717, 1.165) is 38.9 Å². The van der Waals surface area contributed by atoms with Gasteiger partial charge in [-0.2, -0.15) is 0 Å². The van der Waals surface area contributed by atoms with Gasteiger partial charge >= 0.3 is 0 Å². The average Bonchev–Trinajstić information content (AvgIpc) is 2.50. The van der Waals surface area contributed by atoms with Gasteiger partial charge in [0.1, 0.15) is 5.78 Å². The van der Waals surface area contributed by atoms with Crippen molar-refractivity contribution in [3.05, 3.63) is 0 Å². The summed E-state index contributed by atoms with van der Waals surface area (Å²) in [5.41, 5.74) is 5.81. The molecule has 0 aromatic rings. The molecule has 0 unspecified atom stereocenters. The van der Waals surface area contributed by atoms with Gasteiger partial charge in [-0.15, -0.1) is 0 Å². The third-order valence-electron chi connectivity index (χ3n) is 2.81. The van der Waals surface area contributed by atoms with E-state index in [9.17, 15) is 4.79 Å². The first-order valence-corrected chi connectivity index (χ1v) is 5.66. The lowest BCUT2D eigenvalue weighted by Gasteiger charge is -2.14. The van der Waals surface area contributed by atoms with Crippen molar-refractivity contribution in [3.8, 4) is 0 Å². The largest absolute Gasteiger partial charge is 0.326 e. The molecule has 1 rings (SSSR count). The van der Waals surface area contributed by atoms with E-state index in [4.69, 9.17) is 5.73 Å². The van der Waals surface area contributed by atoms with E-state index in [1.807, 2.05) is 0 Å². The Balaban J connectivity index is 1.91. The third kappa shape index (κ3) is 4.72. The second-order valence-corrected chi connectivity index (χ2v) is 4.36. The fourth-order valence-electron chi connectivity index (χ4n) is 1.95. The van der Waals surface area contributed by atoms with Crippen LogP contribution in [0.15, 0.2) is 0 Å². The summed E-state index contributed by atoms with van der Waals surface area (Å²) in [7, 11) is 0. The van der Waals surface area contributed by atoms with Crippen molar-refractivity contribution < 1.29 is 4.79 Å². The maximum absolute atomic E-state index is 10.7. The summed E-state index contributed by atoms with van der Waals surface area (Å²) in [6, 6.07) is 0.396. The lowest BCUT2D eigenvalue weighted by molar-refractivity contribution is -0.117. The summed E-state index contributed by atoms with van der Waals surface area (Å²) < 4.78 is 0. The molecule has 1 heterocycles. The van der Waals surface area contributed by atoms with E-state index < -0.39 is 0 Å². The highest BCUT2D eigenvalue weighted by atomic mass is 16.1. The number of carbonyl (C=O) groups excluding carboxylic acids is 1. The van der Waals surface area contributed by atoms with Crippen molar-refractivity contribution in [2.24, 2.45) is 5.73 Å². The predicted octanol–water partition coefficient (Wildman–Crippen LogP) is 1.17. The number of ketones is 1. The van der Waals surface area contributed by atoms with E-state index in [0.29, 0.717) is 11.8 Å². The molecule has 1 atom stereocenters. The number of carbonyl (C=O) groups is 1. The van der Waals surface area contributed by atoms with Crippen LogP contribution in [0.5, 0.6) is 0 Å². The van der Waals surface area contributed by atoms with Crippen LogP contribution >= 0.6 is 0 Å². The van der Waals surface area contributed by atoms with Gasteiger partial charge < -0.3 is 15.4 Å². The molecule has 1 saturated heterocycles. The molecule has 1 aliphatic heterocycles. The van der Waals surface area contributed by atoms with Crippen LogP contribution in [0, 0.1) is 0 Å². The molecule has 0 saturated carbocycles. The number of nitrogens with two attached hydrogens (primary N) is 1. The summed E-state index contributed by atoms with van der Waals surface area (Å²) >= 11 is 0. The normalized spacial score (nSPS) is 22.9. The van der Waals surface area contributed by atoms with Crippen LogP contribution in [0.25, 0.3) is 0 Å². The van der Waals surface area contributed by atoms with E-state index in [1.54, 1.807) is 6.92 Å². The summed E-state index contributed by atoms with van der Waals surface area (Å²) in [6.45, 7) is 5.05. The molecule has 2 N–H and O–H groups in total. The number of unbranched alkanes of at least 4 members (excludes halogenated alkanes) is 2. The Bertz CT molecular complexity index is 182. The summed E-state index contributed by atoms with van der Waals surface area (Å²) in [5, 5.41) is 0. The fraction of sp³-hybridized carbons (Fsp3) is 0.909. The molecule has 3 heteroatoms. The van der Waals surface area contributed by atoms with Crippen molar-refractivity contribution >= 4 is 5.78 Å². The first-order chi connectivity index (χ1) is 6.68. The standard InChI is InChI=1S/C11H22N2O/c1-10(14)5-3-2-4-7-13-8-6-11(12)9-13/h11H,2-9,12H2,1H3/t11-/m0/s1. The minimum absolute atomic E-state index is 0.313. The summed E-state index contributed by atoms with van der Waals surface area (Å²) in [4.78, 5) is 13.1. The lowest BCUT2D eigenvalue weighted by Crippen LogP contribution is -2.27. The monoisotopic (exact) mass is 198 g/mol. The van der Waals surface area contributed by atoms with Crippen molar-refractivity contribution in [1.82, 2.24) is 4.90 Å². The molecule has 0 aromatic heterocycles.